The van der Waals surface area contributed by atoms with Crippen LogP contribution in [0.3, 0.4) is 0 Å². The lowest BCUT2D eigenvalue weighted by Crippen LogP contribution is -2.36. The number of nitrogens with one attached hydrogen (secondary N) is 1. The molecule has 3 rings (SSSR count). The maximum atomic E-state index is 12.8. The Bertz CT molecular complexity index is 750. The normalized spacial score (nSPS) is 16.5. The first kappa shape index (κ1) is 19.8. The van der Waals surface area contributed by atoms with Crippen LogP contribution in [0, 0.1) is 5.41 Å². The van der Waals surface area contributed by atoms with Crippen LogP contribution < -0.4 is 11.1 Å². The van der Waals surface area contributed by atoms with E-state index in [9.17, 15) is 4.79 Å². The summed E-state index contributed by atoms with van der Waals surface area (Å²) in [5.74, 6) is 0.643. The molecule has 1 amide bonds. The van der Waals surface area contributed by atoms with Gasteiger partial charge >= 0.3 is 0 Å². The Morgan fingerprint density at radius 2 is 2.07 bits per heavy atom. The van der Waals surface area contributed by atoms with Crippen molar-refractivity contribution in [2.75, 3.05) is 25.1 Å². The van der Waals surface area contributed by atoms with E-state index in [1.165, 1.54) is 19.3 Å². The van der Waals surface area contributed by atoms with Crippen LogP contribution in [0.25, 0.3) is 11.0 Å². The summed E-state index contributed by atoms with van der Waals surface area (Å²) in [7, 11) is 0. The highest BCUT2D eigenvalue weighted by molar-refractivity contribution is 5.92. The van der Waals surface area contributed by atoms with Crippen LogP contribution in [-0.4, -0.2) is 35.2 Å². The molecule has 0 radical (unpaired) electrons. The van der Waals surface area contributed by atoms with Gasteiger partial charge in [-0.25, -0.2) is 4.98 Å². The molecule has 1 saturated carbocycles. The second-order valence-electron chi connectivity index (χ2n) is 7.62. The predicted molar refractivity (Wildman–Crippen MR) is 109 cm³/mol. The number of amides is 1. The van der Waals surface area contributed by atoms with Gasteiger partial charge in [-0.2, -0.15) is 0 Å². The number of carbonyl (C=O) groups is 1. The lowest BCUT2D eigenvalue weighted by atomic mass is 9.72. The molecule has 2 aromatic rings. The van der Waals surface area contributed by atoms with Gasteiger partial charge in [-0.3, -0.25) is 10.1 Å². The fourth-order valence-corrected chi connectivity index (χ4v) is 4.13. The highest BCUT2D eigenvalue weighted by Gasteiger charge is 2.33. The number of nitrogens with two attached hydrogens (primary N) is 1. The number of imidazole rings is 1. The molecule has 1 aliphatic rings. The third kappa shape index (κ3) is 4.87. The Balaban J connectivity index is 1.73. The number of benzene rings is 1. The summed E-state index contributed by atoms with van der Waals surface area (Å²) in [6.07, 6.45) is 7.03. The minimum Gasteiger partial charge on any atom is -0.382 e. The smallest absolute Gasteiger partial charge is 0.227 e. The molecule has 1 aromatic heterocycles. The average molecular weight is 373 g/mol. The van der Waals surface area contributed by atoms with E-state index in [-0.39, 0.29) is 11.3 Å². The topological polar surface area (TPSA) is 82.2 Å². The Hall–Kier alpha value is -1.92. The van der Waals surface area contributed by atoms with Crippen LogP contribution in [0.2, 0.25) is 0 Å². The fourth-order valence-electron chi connectivity index (χ4n) is 4.13. The molecule has 0 aliphatic heterocycles. The maximum Gasteiger partial charge on any atom is 0.227 e. The SMILES string of the molecule is CCOCCCn1c(NC(=O)CC2(CN)CCCCC2)nc2ccccc21. The second kappa shape index (κ2) is 9.33. The first-order valence-corrected chi connectivity index (χ1v) is 10.2. The van der Waals surface area contributed by atoms with Crippen molar-refractivity contribution in [2.45, 2.75) is 58.4 Å². The van der Waals surface area contributed by atoms with Gasteiger partial charge in [0.25, 0.3) is 0 Å². The van der Waals surface area contributed by atoms with Gasteiger partial charge < -0.3 is 15.0 Å². The van der Waals surface area contributed by atoms with Crippen molar-refractivity contribution in [3.05, 3.63) is 24.3 Å². The molecule has 3 N–H and O–H groups in total. The van der Waals surface area contributed by atoms with Crippen LogP contribution in [0.1, 0.15) is 51.9 Å². The highest BCUT2D eigenvalue weighted by atomic mass is 16.5. The first-order chi connectivity index (χ1) is 13.2. The summed E-state index contributed by atoms with van der Waals surface area (Å²) in [5, 5.41) is 3.06. The van der Waals surface area contributed by atoms with Crippen molar-refractivity contribution in [3.63, 3.8) is 0 Å². The number of aryl methyl sites for hydroxylation is 1. The van der Waals surface area contributed by atoms with Crippen molar-refractivity contribution in [1.29, 1.82) is 0 Å². The first-order valence-electron chi connectivity index (χ1n) is 10.2. The van der Waals surface area contributed by atoms with E-state index >= 15 is 0 Å². The number of nitrogens with zero attached hydrogens (tertiary/aromatic N) is 2. The molecule has 148 valence electrons. The van der Waals surface area contributed by atoms with Crippen molar-refractivity contribution >= 4 is 22.9 Å². The van der Waals surface area contributed by atoms with E-state index in [2.05, 4.69) is 14.9 Å². The zero-order chi connectivity index (χ0) is 19.1. The molecule has 0 unspecified atom stereocenters. The van der Waals surface area contributed by atoms with Gasteiger partial charge in [0.1, 0.15) is 0 Å². The molecule has 27 heavy (non-hydrogen) atoms. The van der Waals surface area contributed by atoms with E-state index in [0.29, 0.717) is 25.5 Å². The molecule has 1 fully saturated rings. The summed E-state index contributed by atoms with van der Waals surface area (Å²) >= 11 is 0. The summed E-state index contributed by atoms with van der Waals surface area (Å²) in [5.41, 5.74) is 7.94. The van der Waals surface area contributed by atoms with Crippen molar-refractivity contribution in [1.82, 2.24) is 9.55 Å². The van der Waals surface area contributed by atoms with Gasteiger partial charge in [-0.05, 0) is 50.3 Å². The fraction of sp³-hybridized carbons (Fsp3) is 0.619. The van der Waals surface area contributed by atoms with Crippen molar-refractivity contribution in [2.24, 2.45) is 11.1 Å². The highest BCUT2D eigenvalue weighted by Crippen LogP contribution is 2.38. The summed E-state index contributed by atoms with van der Waals surface area (Å²) in [6.45, 7) is 4.75. The second-order valence-corrected chi connectivity index (χ2v) is 7.62. The molecular formula is C21H32N4O2. The van der Waals surface area contributed by atoms with Crippen LogP contribution in [0.4, 0.5) is 5.95 Å². The Morgan fingerprint density at radius 1 is 1.30 bits per heavy atom. The lowest BCUT2D eigenvalue weighted by molar-refractivity contribution is -0.118. The summed E-state index contributed by atoms with van der Waals surface area (Å²) in [6, 6.07) is 7.99. The average Bonchev–Trinajstić information content (AvgIpc) is 3.03. The van der Waals surface area contributed by atoms with E-state index in [0.717, 1.165) is 43.4 Å². The standard InChI is InChI=1S/C21H32N4O2/c1-2-27-14-8-13-25-18-10-5-4-9-17(18)23-20(25)24-19(26)15-21(16-22)11-6-3-7-12-21/h4-5,9-10H,2-3,6-8,11-16,22H2,1H3,(H,23,24,26). The molecule has 1 aliphatic carbocycles. The summed E-state index contributed by atoms with van der Waals surface area (Å²) in [4.78, 5) is 17.5. The minimum atomic E-state index is -0.0475. The lowest BCUT2D eigenvalue weighted by Gasteiger charge is -2.35. The molecular weight excluding hydrogens is 340 g/mol. The number of aromatic nitrogens is 2. The maximum absolute atomic E-state index is 12.8. The zero-order valence-electron chi connectivity index (χ0n) is 16.4. The van der Waals surface area contributed by atoms with Crippen molar-refractivity contribution in [3.8, 4) is 0 Å². The van der Waals surface area contributed by atoms with Crippen LogP contribution in [0.5, 0.6) is 0 Å². The van der Waals surface area contributed by atoms with Gasteiger partial charge in [-0.15, -0.1) is 0 Å². The number of rotatable bonds is 9. The number of carbonyl (C=O) groups excluding carboxylic acids is 1. The van der Waals surface area contributed by atoms with E-state index < -0.39 is 0 Å². The Kier molecular flexibility index (Phi) is 6.85. The number of ether oxygens (including phenoxy) is 1. The minimum absolute atomic E-state index is 0.0173. The molecule has 0 saturated heterocycles. The van der Waals surface area contributed by atoms with Crippen LogP contribution >= 0.6 is 0 Å². The van der Waals surface area contributed by atoms with Crippen molar-refractivity contribution < 1.29 is 9.53 Å². The molecule has 6 nitrogen and oxygen atoms in total. The number of para-hydroxylation sites is 2. The van der Waals surface area contributed by atoms with Gasteiger partial charge in [0.15, 0.2) is 0 Å². The van der Waals surface area contributed by atoms with E-state index in [4.69, 9.17) is 10.5 Å². The van der Waals surface area contributed by atoms with Gasteiger partial charge in [-0.1, -0.05) is 31.4 Å². The number of hydrogen-bond donors (Lipinski definition) is 2. The van der Waals surface area contributed by atoms with E-state index in [1.54, 1.807) is 0 Å². The van der Waals surface area contributed by atoms with Crippen LogP contribution in [-0.2, 0) is 16.1 Å². The van der Waals surface area contributed by atoms with E-state index in [1.807, 2.05) is 31.2 Å². The molecule has 0 atom stereocenters. The molecule has 0 spiro atoms. The molecule has 0 bridgehead atoms. The Morgan fingerprint density at radius 3 is 2.81 bits per heavy atom. The van der Waals surface area contributed by atoms with Gasteiger partial charge in [0, 0.05) is 26.2 Å². The summed E-state index contributed by atoms with van der Waals surface area (Å²) < 4.78 is 7.54. The van der Waals surface area contributed by atoms with Gasteiger partial charge in [0.05, 0.1) is 11.0 Å². The number of anilines is 1. The molecule has 1 heterocycles. The quantitative estimate of drug-likeness (QED) is 0.658. The monoisotopic (exact) mass is 372 g/mol. The zero-order valence-corrected chi connectivity index (χ0v) is 16.4. The third-order valence-electron chi connectivity index (χ3n) is 5.66. The number of hydrogen-bond acceptors (Lipinski definition) is 4. The number of fused-ring (bicyclic) bond motifs is 1. The van der Waals surface area contributed by atoms with Gasteiger partial charge in [0.2, 0.25) is 11.9 Å². The Labute approximate surface area is 161 Å². The molecule has 1 aromatic carbocycles. The van der Waals surface area contributed by atoms with Crippen LogP contribution in [0.15, 0.2) is 24.3 Å². The third-order valence-corrected chi connectivity index (χ3v) is 5.66. The predicted octanol–water partition coefficient (Wildman–Crippen LogP) is 3.70. The largest absolute Gasteiger partial charge is 0.382 e. The molecule has 6 heteroatoms.